The summed E-state index contributed by atoms with van der Waals surface area (Å²) in [5, 5.41) is 10.7. The van der Waals surface area contributed by atoms with Gasteiger partial charge in [0.25, 0.3) is 0 Å². The number of phosphoric ester groups is 2. The van der Waals surface area contributed by atoms with Crippen molar-refractivity contribution in [2.45, 2.75) is 489 Å². The number of unbranched alkanes of at least 4 members (excludes halogenated alkanes) is 61. The molecule has 2 unspecified atom stereocenters. The van der Waals surface area contributed by atoms with Crippen LogP contribution in [-0.2, 0) is 65.4 Å². The zero-order valence-corrected chi connectivity index (χ0v) is 70.5. The number of carbonyl (C=O) groups is 4. The summed E-state index contributed by atoms with van der Waals surface area (Å²) in [4.78, 5) is 73.2. The Morgan fingerprint density at radius 3 is 0.562 bits per heavy atom. The van der Waals surface area contributed by atoms with Gasteiger partial charge in [0.2, 0.25) is 0 Å². The van der Waals surface area contributed by atoms with Gasteiger partial charge < -0.3 is 33.8 Å². The molecule has 0 rings (SSSR count). The minimum absolute atomic E-state index is 0.108. The fraction of sp³-hybridized carbons (Fsp3) is 0.953. The lowest BCUT2D eigenvalue weighted by atomic mass is 10.0. The predicted molar refractivity (Wildman–Crippen MR) is 432 cm³/mol. The minimum Gasteiger partial charge on any atom is -0.462 e. The molecule has 0 amide bonds. The van der Waals surface area contributed by atoms with Crippen molar-refractivity contribution >= 4 is 39.5 Å². The first-order valence-corrected chi connectivity index (χ1v) is 47.8. The zero-order valence-electron chi connectivity index (χ0n) is 68.7. The fourth-order valence-electron chi connectivity index (χ4n) is 13.5. The topological polar surface area (TPSA) is 237 Å². The largest absolute Gasteiger partial charge is 0.472 e. The number of hydrogen-bond donors (Lipinski definition) is 3. The highest BCUT2D eigenvalue weighted by Crippen LogP contribution is 2.45. The normalized spacial score (nSPS) is 13.7. The maximum Gasteiger partial charge on any atom is 0.472 e. The first kappa shape index (κ1) is 103. The highest BCUT2D eigenvalue weighted by Gasteiger charge is 2.30. The molecule has 0 spiro atoms. The summed E-state index contributed by atoms with van der Waals surface area (Å²) in [7, 11) is -9.92. The van der Waals surface area contributed by atoms with Crippen molar-refractivity contribution in [3.05, 3.63) is 0 Å². The van der Waals surface area contributed by atoms with Crippen molar-refractivity contribution in [3.63, 3.8) is 0 Å². The van der Waals surface area contributed by atoms with E-state index in [2.05, 4.69) is 27.7 Å². The van der Waals surface area contributed by atoms with Crippen LogP contribution in [0.3, 0.4) is 0 Å². The Morgan fingerprint density at radius 2 is 0.381 bits per heavy atom. The highest BCUT2D eigenvalue weighted by molar-refractivity contribution is 7.47. The van der Waals surface area contributed by atoms with Crippen LogP contribution in [0.4, 0.5) is 0 Å². The molecule has 3 N–H and O–H groups in total. The number of phosphoric acid groups is 2. The van der Waals surface area contributed by atoms with Crippen molar-refractivity contribution < 1.29 is 80.2 Å². The lowest BCUT2D eigenvalue weighted by molar-refractivity contribution is -0.161. The van der Waals surface area contributed by atoms with E-state index in [-0.39, 0.29) is 25.7 Å². The standard InChI is InChI=1S/C86H168O17P2/c1-5-9-13-17-21-25-29-33-35-37-39-40-41-43-45-47-49-53-57-61-65-69-73-86(91)103-82(77-97-84(89)71-67-63-59-55-52-48-46-44-42-38-36-34-30-26-22-18-14-10-6-2)79-101-105(94,95)99-75-80(87)74-98-104(92,93)100-78-81(102-85(90)72-68-64-60-56-51-32-28-24-20-16-12-8-4)76-96-83(88)70-66-62-58-54-50-31-27-23-19-15-11-7-3/h80-82,87H,5-79H2,1-4H3,(H,92,93)(H,94,95)/t80-,81+,82+/m0/s1. The molecule has 0 bridgehead atoms. The monoisotopic (exact) mass is 1540 g/mol. The van der Waals surface area contributed by atoms with Crippen molar-refractivity contribution in [2.75, 3.05) is 39.6 Å². The van der Waals surface area contributed by atoms with Gasteiger partial charge in [0.1, 0.15) is 19.3 Å². The molecule has 0 aromatic carbocycles. The summed E-state index contributed by atoms with van der Waals surface area (Å²) >= 11 is 0. The lowest BCUT2D eigenvalue weighted by Crippen LogP contribution is -2.30. The van der Waals surface area contributed by atoms with Crippen LogP contribution in [0.25, 0.3) is 0 Å². The van der Waals surface area contributed by atoms with Gasteiger partial charge in [-0.25, -0.2) is 9.13 Å². The molecule has 0 aliphatic heterocycles. The summed E-state index contributed by atoms with van der Waals surface area (Å²) in [6.45, 7) is 5.05. The number of ether oxygens (including phenoxy) is 4. The summed E-state index contributed by atoms with van der Waals surface area (Å²) in [6, 6.07) is 0. The Hall–Kier alpha value is -1.94. The molecule has 0 aliphatic carbocycles. The SMILES string of the molecule is CCCCCCCCCCCCCCCCCCCCCCCCC(=O)O[C@H](COC(=O)CCCCCCCCCCCCCCCCCCCCC)COP(=O)(O)OC[C@@H](O)COP(=O)(O)OC[C@@H](COC(=O)CCCCCCCCCCCCCC)OC(=O)CCCCCCCCCCCCCC. The van der Waals surface area contributed by atoms with Gasteiger partial charge in [0, 0.05) is 25.7 Å². The van der Waals surface area contributed by atoms with E-state index in [0.717, 1.165) is 89.9 Å². The van der Waals surface area contributed by atoms with Gasteiger partial charge in [-0.1, -0.05) is 419 Å². The quantitative estimate of drug-likeness (QED) is 0.0222. The molecule has 0 heterocycles. The highest BCUT2D eigenvalue weighted by atomic mass is 31.2. The second-order valence-electron chi connectivity index (χ2n) is 30.9. The summed E-state index contributed by atoms with van der Waals surface area (Å²) in [5.74, 6) is -2.10. The number of hydrogen-bond acceptors (Lipinski definition) is 15. The van der Waals surface area contributed by atoms with E-state index in [1.165, 1.54) is 302 Å². The van der Waals surface area contributed by atoms with Crippen LogP contribution in [0.2, 0.25) is 0 Å². The van der Waals surface area contributed by atoms with E-state index in [1.54, 1.807) is 0 Å². The molecule has 17 nitrogen and oxygen atoms in total. The molecule has 105 heavy (non-hydrogen) atoms. The van der Waals surface area contributed by atoms with Crippen LogP contribution in [-0.4, -0.2) is 96.7 Å². The van der Waals surface area contributed by atoms with Crippen molar-refractivity contribution in [1.29, 1.82) is 0 Å². The number of esters is 4. The van der Waals surface area contributed by atoms with Crippen LogP contribution in [0.5, 0.6) is 0 Å². The molecule has 0 fully saturated rings. The zero-order chi connectivity index (χ0) is 76.7. The number of carbonyl (C=O) groups excluding carboxylic acids is 4. The maximum atomic E-state index is 13.1. The molecule has 624 valence electrons. The fourth-order valence-corrected chi connectivity index (χ4v) is 15.1. The average Bonchev–Trinajstić information content (AvgIpc) is 0.934. The van der Waals surface area contributed by atoms with Crippen molar-refractivity contribution in [2.24, 2.45) is 0 Å². The van der Waals surface area contributed by atoms with E-state index in [9.17, 15) is 43.2 Å². The van der Waals surface area contributed by atoms with Gasteiger partial charge in [0.05, 0.1) is 26.4 Å². The van der Waals surface area contributed by atoms with Gasteiger partial charge in [-0.05, 0) is 25.7 Å². The van der Waals surface area contributed by atoms with Gasteiger partial charge >= 0.3 is 39.5 Å². The van der Waals surface area contributed by atoms with E-state index in [4.69, 9.17) is 37.0 Å². The third-order valence-corrected chi connectivity index (χ3v) is 22.3. The molecule has 0 aromatic rings. The molecule has 0 aliphatic rings. The van der Waals surface area contributed by atoms with E-state index >= 15 is 0 Å². The third-order valence-electron chi connectivity index (χ3n) is 20.4. The lowest BCUT2D eigenvalue weighted by Gasteiger charge is -2.21. The van der Waals surface area contributed by atoms with Crippen LogP contribution < -0.4 is 0 Å². The molecular formula is C86H168O17P2. The molecule has 0 aromatic heterocycles. The predicted octanol–water partition coefficient (Wildman–Crippen LogP) is 26.5. The molecule has 5 atom stereocenters. The minimum atomic E-state index is -4.96. The van der Waals surface area contributed by atoms with Crippen LogP contribution in [0, 0.1) is 0 Å². The Bertz CT molecular complexity index is 1980. The van der Waals surface area contributed by atoms with Crippen molar-refractivity contribution in [1.82, 2.24) is 0 Å². The number of aliphatic hydroxyl groups excluding tert-OH is 1. The first-order chi connectivity index (χ1) is 51.2. The summed E-state index contributed by atoms with van der Waals surface area (Å²) in [6.07, 6.45) is 75.0. The molecular weight excluding hydrogens is 1370 g/mol. The van der Waals surface area contributed by atoms with Gasteiger partial charge in [-0.15, -0.1) is 0 Å². The second kappa shape index (κ2) is 80.1. The first-order valence-electron chi connectivity index (χ1n) is 44.8. The van der Waals surface area contributed by atoms with Crippen LogP contribution in [0.15, 0.2) is 0 Å². The second-order valence-corrected chi connectivity index (χ2v) is 33.8. The smallest absolute Gasteiger partial charge is 0.462 e. The molecule has 0 saturated carbocycles. The van der Waals surface area contributed by atoms with Crippen LogP contribution >= 0.6 is 15.6 Å². The third kappa shape index (κ3) is 79.9. The number of rotatable bonds is 87. The molecule has 19 heteroatoms. The Kier molecular flexibility index (Phi) is 78.6. The van der Waals surface area contributed by atoms with E-state index in [0.29, 0.717) is 25.7 Å². The Labute approximate surface area is 645 Å². The Morgan fingerprint density at radius 1 is 0.229 bits per heavy atom. The van der Waals surface area contributed by atoms with E-state index < -0.39 is 97.5 Å². The maximum absolute atomic E-state index is 13.1. The van der Waals surface area contributed by atoms with Crippen LogP contribution in [0.1, 0.15) is 471 Å². The van der Waals surface area contributed by atoms with E-state index in [1.807, 2.05) is 0 Å². The van der Waals surface area contributed by atoms with Gasteiger partial charge in [0.15, 0.2) is 12.2 Å². The van der Waals surface area contributed by atoms with Gasteiger partial charge in [-0.3, -0.25) is 37.3 Å². The summed E-state index contributed by atoms with van der Waals surface area (Å²) in [5.41, 5.74) is 0. The Balaban J connectivity index is 5.21. The molecule has 0 saturated heterocycles. The average molecular weight is 1540 g/mol. The van der Waals surface area contributed by atoms with Crippen molar-refractivity contribution in [3.8, 4) is 0 Å². The summed E-state index contributed by atoms with van der Waals surface area (Å²) < 4.78 is 68.9. The van der Waals surface area contributed by atoms with Gasteiger partial charge in [-0.2, -0.15) is 0 Å². The molecule has 0 radical (unpaired) electrons. The number of aliphatic hydroxyl groups is 1.